The van der Waals surface area contributed by atoms with Crippen LogP contribution in [-0.2, 0) is 9.57 Å². The number of ether oxygens (including phenoxy) is 1. The highest BCUT2D eigenvalue weighted by Crippen LogP contribution is 1.83. The molecule has 0 amide bonds. The van der Waals surface area contributed by atoms with Crippen LogP contribution < -0.4 is 0 Å². The van der Waals surface area contributed by atoms with Gasteiger partial charge in [0.1, 0.15) is 0 Å². The second-order valence-electron chi connectivity index (χ2n) is 2.15. The molecule has 1 aromatic carbocycles. The fourth-order valence-corrected chi connectivity index (χ4v) is 0.590. The van der Waals surface area contributed by atoms with Crippen molar-refractivity contribution in [3.8, 4) is 0 Å². The van der Waals surface area contributed by atoms with Gasteiger partial charge in [-0.3, -0.25) is 0 Å². The Morgan fingerprint density at radius 1 is 1.20 bits per heavy atom. The van der Waals surface area contributed by atoms with Crippen LogP contribution >= 0.6 is 0 Å². The van der Waals surface area contributed by atoms with Crippen molar-refractivity contribution in [1.82, 2.24) is 0 Å². The molecule has 0 atom stereocenters. The van der Waals surface area contributed by atoms with Gasteiger partial charge in [0.05, 0.1) is 6.61 Å². The summed E-state index contributed by atoms with van der Waals surface area (Å²) in [7, 11) is 0. The molecule has 0 aliphatic rings. The summed E-state index contributed by atoms with van der Waals surface area (Å²) in [5.74, 6) is 0. The third-order valence-corrected chi connectivity index (χ3v) is 1.08. The topological polar surface area (TPSA) is 78.7 Å². The molecule has 0 aliphatic heterocycles. The minimum absolute atomic E-state index is 0.0622. The summed E-state index contributed by atoms with van der Waals surface area (Å²) in [4.78, 5) is 22.7. The summed E-state index contributed by atoms with van der Waals surface area (Å²) in [6.07, 6.45) is -1.29. The first-order valence-electron chi connectivity index (χ1n) is 4.16. The first-order valence-corrected chi connectivity index (χ1v) is 4.16. The van der Waals surface area contributed by atoms with Crippen LogP contribution in [0, 0.1) is 10.1 Å². The molecule has 82 valence electrons. The fourth-order valence-electron chi connectivity index (χ4n) is 0.590. The van der Waals surface area contributed by atoms with Gasteiger partial charge >= 0.3 is 11.2 Å². The monoisotopic (exact) mass is 213 g/mol. The Bertz CT molecular complexity index is 261. The zero-order chi connectivity index (χ0) is 11.5. The molecule has 0 aromatic heterocycles. The number of carbonyl (C=O) groups is 1. The van der Waals surface area contributed by atoms with Gasteiger partial charge in [0.15, 0.2) is 0 Å². The van der Waals surface area contributed by atoms with Crippen LogP contribution in [0.5, 0.6) is 0 Å². The molecular formula is C9H11NO5. The zero-order valence-corrected chi connectivity index (χ0v) is 8.16. The van der Waals surface area contributed by atoms with E-state index in [9.17, 15) is 14.9 Å². The zero-order valence-electron chi connectivity index (χ0n) is 8.16. The van der Waals surface area contributed by atoms with Gasteiger partial charge in [-0.1, -0.05) is 36.4 Å². The molecule has 15 heavy (non-hydrogen) atoms. The van der Waals surface area contributed by atoms with Gasteiger partial charge in [-0.05, 0) is 6.92 Å². The number of carbonyl (C=O) groups excluding carboxylic acids is 1. The Labute approximate surface area is 86.5 Å². The van der Waals surface area contributed by atoms with Gasteiger partial charge < -0.3 is 4.74 Å². The van der Waals surface area contributed by atoms with Gasteiger partial charge in [0.25, 0.3) is 0 Å². The summed E-state index contributed by atoms with van der Waals surface area (Å²) in [5.41, 5.74) is 0. The van der Waals surface area contributed by atoms with Crippen LogP contribution in [0.1, 0.15) is 6.92 Å². The maximum atomic E-state index is 9.97. The van der Waals surface area contributed by atoms with Crippen LogP contribution in [0.15, 0.2) is 36.4 Å². The molecule has 0 spiro atoms. The van der Waals surface area contributed by atoms with Crippen molar-refractivity contribution in [2.24, 2.45) is 0 Å². The molecule has 0 saturated heterocycles. The number of nitrogens with zero attached hydrogens (tertiary/aromatic N) is 1. The molecule has 0 unspecified atom stereocenters. The second kappa shape index (κ2) is 8.49. The van der Waals surface area contributed by atoms with Gasteiger partial charge in [-0.2, -0.15) is 4.84 Å². The van der Waals surface area contributed by atoms with E-state index in [4.69, 9.17) is 0 Å². The largest absolute Gasteiger partial charge is 0.486 e. The van der Waals surface area contributed by atoms with Crippen molar-refractivity contribution in [2.45, 2.75) is 6.92 Å². The summed E-state index contributed by atoms with van der Waals surface area (Å²) in [5, 5.41) is 8.14. The number of hydrogen-bond acceptors (Lipinski definition) is 5. The highest BCUT2D eigenvalue weighted by atomic mass is 17.0. The normalized spacial score (nSPS) is 8.07. The lowest BCUT2D eigenvalue weighted by molar-refractivity contribution is -0.730. The number of rotatable bonds is 2. The predicted molar refractivity (Wildman–Crippen MR) is 51.5 cm³/mol. The predicted octanol–water partition coefficient (Wildman–Crippen LogP) is 2.04. The third kappa shape index (κ3) is 9.81. The van der Waals surface area contributed by atoms with E-state index in [-0.39, 0.29) is 6.61 Å². The van der Waals surface area contributed by atoms with E-state index in [1.165, 1.54) is 6.92 Å². The van der Waals surface area contributed by atoms with E-state index in [2.05, 4.69) is 9.57 Å². The van der Waals surface area contributed by atoms with Crippen LogP contribution in [0.3, 0.4) is 0 Å². The second-order valence-corrected chi connectivity index (χ2v) is 2.15. The van der Waals surface area contributed by atoms with E-state index < -0.39 is 11.2 Å². The average Bonchev–Trinajstić information content (AvgIpc) is 2.20. The van der Waals surface area contributed by atoms with Gasteiger partial charge in [-0.25, -0.2) is 4.79 Å². The van der Waals surface area contributed by atoms with Gasteiger partial charge in [0.2, 0.25) is 0 Å². The van der Waals surface area contributed by atoms with Crippen molar-refractivity contribution < 1.29 is 19.5 Å². The number of hydrogen-bond donors (Lipinski definition) is 0. The Morgan fingerprint density at radius 2 is 1.60 bits per heavy atom. The first-order chi connectivity index (χ1) is 7.16. The van der Waals surface area contributed by atoms with E-state index in [1.54, 1.807) is 0 Å². The molecule has 0 heterocycles. The van der Waals surface area contributed by atoms with Crippen LogP contribution in [0.25, 0.3) is 0 Å². The third-order valence-electron chi connectivity index (χ3n) is 1.08. The molecule has 0 fully saturated rings. The summed E-state index contributed by atoms with van der Waals surface area (Å²) in [6, 6.07) is 12.0. The van der Waals surface area contributed by atoms with Crippen LogP contribution in [0.2, 0.25) is 0 Å². The first kappa shape index (κ1) is 12.9. The number of benzene rings is 1. The lowest BCUT2D eigenvalue weighted by Crippen LogP contribution is -2.11. The molecule has 6 heteroatoms. The van der Waals surface area contributed by atoms with E-state index in [1.807, 2.05) is 36.4 Å². The van der Waals surface area contributed by atoms with Crippen molar-refractivity contribution in [1.29, 1.82) is 0 Å². The maximum absolute atomic E-state index is 9.97. The molecular weight excluding hydrogens is 202 g/mol. The van der Waals surface area contributed by atoms with Crippen LogP contribution in [0.4, 0.5) is 4.79 Å². The smallest absolute Gasteiger partial charge is 0.446 e. The Hall–Kier alpha value is -2.11. The molecule has 0 bridgehead atoms. The molecule has 0 saturated carbocycles. The average molecular weight is 213 g/mol. The Kier molecular flexibility index (Phi) is 7.29. The lowest BCUT2D eigenvalue weighted by atomic mass is 10.4. The van der Waals surface area contributed by atoms with Crippen molar-refractivity contribution in [3.63, 3.8) is 0 Å². The van der Waals surface area contributed by atoms with E-state index >= 15 is 0 Å². The molecule has 1 rings (SSSR count). The Morgan fingerprint density at radius 3 is 1.87 bits per heavy atom. The molecule has 6 nitrogen and oxygen atoms in total. The SMILES string of the molecule is CCOC(=O)O[N+](=O)[O-].c1ccccc1. The quantitative estimate of drug-likeness (QED) is 0.426. The fraction of sp³-hybridized carbons (Fsp3) is 0.222. The van der Waals surface area contributed by atoms with Crippen LogP contribution in [-0.4, -0.2) is 17.8 Å². The van der Waals surface area contributed by atoms with E-state index in [0.717, 1.165) is 0 Å². The Balaban J connectivity index is 0.000000280. The highest BCUT2D eigenvalue weighted by molar-refractivity contribution is 5.58. The standard InChI is InChI=1S/C6H6.C3H5NO5/c1-2-4-6-5-3-1;1-2-8-3(5)9-4(6)7/h1-6H;2H2,1H3. The maximum Gasteiger partial charge on any atom is 0.486 e. The highest BCUT2D eigenvalue weighted by Gasteiger charge is 2.05. The lowest BCUT2D eigenvalue weighted by Gasteiger charge is -1.94. The van der Waals surface area contributed by atoms with Crippen molar-refractivity contribution >= 4 is 6.16 Å². The summed E-state index contributed by atoms with van der Waals surface area (Å²) < 4.78 is 4.05. The minimum Gasteiger partial charge on any atom is -0.446 e. The van der Waals surface area contributed by atoms with Crippen molar-refractivity contribution in [2.75, 3.05) is 6.61 Å². The molecule has 0 N–H and O–H groups in total. The summed E-state index contributed by atoms with van der Waals surface area (Å²) in [6.45, 7) is 1.58. The van der Waals surface area contributed by atoms with Crippen molar-refractivity contribution in [3.05, 3.63) is 46.5 Å². The molecule has 1 aromatic rings. The molecule has 0 radical (unpaired) electrons. The van der Waals surface area contributed by atoms with E-state index in [0.29, 0.717) is 0 Å². The van der Waals surface area contributed by atoms with Gasteiger partial charge in [-0.15, -0.1) is 10.1 Å². The van der Waals surface area contributed by atoms with Gasteiger partial charge in [0, 0.05) is 0 Å². The summed E-state index contributed by atoms with van der Waals surface area (Å²) >= 11 is 0. The molecule has 0 aliphatic carbocycles. The minimum atomic E-state index is -1.29.